The van der Waals surface area contributed by atoms with Crippen LogP contribution in [0.25, 0.3) is 0 Å². The van der Waals surface area contributed by atoms with Gasteiger partial charge >= 0.3 is 0 Å². The molecule has 0 fully saturated rings. The van der Waals surface area contributed by atoms with Crippen LogP contribution in [-0.4, -0.2) is 31.5 Å². The maximum absolute atomic E-state index is 11.4. The Kier molecular flexibility index (Phi) is 5.83. The molecule has 4 heteroatoms. The molecule has 1 rings (SSSR count). The van der Waals surface area contributed by atoms with Crippen molar-refractivity contribution in [3.05, 3.63) is 29.3 Å². The molecule has 0 saturated heterocycles. The minimum Gasteiger partial charge on any atom is -0.493 e. The maximum atomic E-state index is 11.4. The lowest BCUT2D eigenvalue weighted by Gasteiger charge is -2.15. The summed E-state index contributed by atoms with van der Waals surface area (Å²) in [7, 11) is 3.52. The van der Waals surface area contributed by atoms with E-state index in [2.05, 4.69) is 0 Å². The van der Waals surface area contributed by atoms with E-state index in [4.69, 9.17) is 10.5 Å². The van der Waals surface area contributed by atoms with E-state index in [0.717, 1.165) is 16.9 Å². The molecular weight excluding hydrogens is 240 g/mol. The van der Waals surface area contributed by atoms with Crippen LogP contribution in [0, 0.1) is 6.92 Å². The van der Waals surface area contributed by atoms with Crippen LogP contribution in [0.3, 0.4) is 0 Å². The molecule has 1 amide bonds. The Labute approximate surface area is 115 Å². The predicted octanol–water partition coefficient (Wildman–Crippen LogP) is 2.26. The quantitative estimate of drug-likeness (QED) is 0.802. The molecule has 0 aromatic heterocycles. The zero-order valence-electron chi connectivity index (χ0n) is 12.3. The fraction of sp³-hybridized carbons (Fsp3) is 0.533. The highest BCUT2D eigenvalue weighted by Crippen LogP contribution is 2.25. The van der Waals surface area contributed by atoms with Crippen LogP contribution in [0.15, 0.2) is 18.2 Å². The maximum Gasteiger partial charge on any atom is 0.222 e. The number of nitrogens with zero attached hydrogens (tertiary/aromatic N) is 1. The Morgan fingerprint density at radius 3 is 2.68 bits per heavy atom. The van der Waals surface area contributed by atoms with Crippen molar-refractivity contribution in [2.45, 2.75) is 32.7 Å². The second-order valence-electron chi connectivity index (χ2n) is 5.07. The first-order valence-corrected chi connectivity index (χ1v) is 6.61. The number of amides is 1. The topological polar surface area (TPSA) is 55.6 Å². The average molecular weight is 264 g/mol. The normalized spacial score (nSPS) is 12.1. The molecule has 0 aliphatic rings. The van der Waals surface area contributed by atoms with E-state index in [9.17, 15) is 4.79 Å². The Morgan fingerprint density at radius 2 is 2.11 bits per heavy atom. The van der Waals surface area contributed by atoms with Gasteiger partial charge in [0.1, 0.15) is 5.75 Å². The third kappa shape index (κ3) is 4.91. The molecule has 1 aromatic carbocycles. The Morgan fingerprint density at radius 1 is 1.42 bits per heavy atom. The summed E-state index contributed by atoms with van der Waals surface area (Å²) in [6.45, 7) is 4.49. The van der Waals surface area contributed by atoms with Crippen LogP contribution in [0.4, 0.5) is 0 Å². The van der Waals surface area contributed by atoms with Crippen molar-refractivity contribution in [3.8, 4) is 5.75 Å². The molecule has 4 nitrogen and oxygen atoms in total. The second-order valence-corrected chi connectivity index (χ2v) is 5.07. The van der Waals surface area contributed by atoms with Crippen molar-refractivity contribution in [1.29, 1.82) is 0 Å². The zero-order valence-corrected chi connectivity index (χ0v) is 12.3. The number of rotatable bonds is 6. The number of aryl methyl sites for hydroxylation is 1. The molecule has 0 aliphatic carbocycles. The average Bonchev–Trinajstić information content (AvgIpc) is 2.33. The second kappa shape index (κ2) is 7.14. The Hall–Kier alpha value is -1.55. The summed E-state index contributed by atoms with van der Waals surface area (Å²) >= 11 is 0. The van der Waals surface area contributed by atoms with Crippen LogP contribution < -0.4 is 10.5 Å². The van der Waals surface area contributed by atoms with Gasteiger partial charge in [-0.15, -0.1) is 0 Å². The van der Waals surface area contributed by atoms with E-state index < -0.39 is 0 Å². The van der Waals surface area contributed by atoms with Gasteiger partial charge in [0.25, 0.3) is 0 Å². The van der Waals surface area contributed by atoms with Gasteiger partial charge in [0.15, 0.2) is 0 Å². The zero-order chi connectivity index (χ0) is 14.4. The van der Waals surface area contributed by atoms with E-state index >= 15 is 0 Å². The Balaban J connectivity index is 2.53. The van der Waals surface area contributed by atoms with E-state index in [-0.39, 0.29) is 11.9 Å². The lowest BCUT2D eigenvalue weighted by molar-refractivity contribution is -0.128. The summed E-state index contributed by atoms with van der Waals surface area (Å²) in [5, 5.41) is 0. The summed E-state index contributed by atoms with van der Waals surface area (Å²) in [6, 6.07) is 5.97. The first-order valence-electron chi connectivity index (χ1n) is 6.61. The fourth-order valence-corrected chi connectivity index (χ4v) is 1.77. The SMILES string of the molecule is Cc1ccc([C@@H](C)N)c(OCCCC(=O)N(C)C)c1. The molecule has 0 bridgehead atoms. The lowest BCUT2D eigenvalue weighted by atomic mass is 10.1. The number of benzene rings is 1. The molecule has 0 spiro atoms. The van der Waals surface area contributed by atoms with Gasteiger partial charge in [-0.1, -0.05) is 12.1 Å². The molecule has 0 saturated carbocycles. The summed E-state index contributed by atoms with van der Waals surface area (Å²) < 4.78 is 5.76. The van der Waals surface area contributed by atoms with E-state index in [0.29, 0.717) is 19.4 Å². The smallest absolute Gasteiger partial charge is 0.222 e. The highest BCUT2D eigenvalue weighted by molar-refractivity contribution is 5.75. The summed E-state index contributed by atoms with van der Waals surface area (Å²) in [4.78, 5) is 13.0. The first-order chi connectivity index (χ1) is 8.91. The van der Waals surface area contributed by atoms with Crippen molar-refractivity contribution < 1.29 is 9.53 Å². The highest BCUT2D eigenvalue weighted by Gasteiger charge is 2.09. The van der Waals surface area contributed by atoms with Gasteiger partial charge in [-0.05, 0) is 31.9 Å². The van der Waals surface area contributed by atoms with Crippen molar-refractivity contribution in [2.75, 3.05) is 20.7 Å². The molecule has 0 aliphatic heterocycles. The summed E-state index contributed by atoms with van der Waals surface area (Å²) in [5.41, 5.74) is 8.06. The van der Waals surface area contributed by atoms with Crippen molar-refractivity contribution in [1.82, 2.24) is 4.90 Å². The number of ether oxygens (including phenoxy) is 1. The third-order valence-electron chi connectivity index (χ3n) is 2.95. The standard InChI is InChI=1S/C15H24N2O2/c1-11-7-8-13(12(2)16)14(10-11)19-9-5-6-15(18)17(3)4/h7-8,10,12H,5-6,9,16H2,1-4H3/t12-/m1/s1. The van der Waals surface area contributed by atoms with E-state index in [1.807, 2.05) is 32.0 Å². The van der Waals surface area contributed by atoms with Gasteiger partial charge in [-0.2, -0.15) is 0 Å². The molecule has 0 unspecified atom stereocenters. The minimum atomic E-state index is -0.0565. The molecule has 1 aromatic rings. The number of hydrogen-bond acceptors (Lipinski definition) is 3. The van der Waals surface area contributed by atoms with Crippen molar-refractivity contribution in [2.24, 2.45) is 5.73 Å². The van der Waals surface area contributed by atoms with Crippen LogP contribution >= 0.6 is 0 Å². The van der Waals surface area contributed by atoms with E-state index in [1.54, 1.807) is 19.0 Å². The van der Waals surface area contributed by atoms with Crippen LogP contribution in [-0.2, 0) is 4.79 Å². The molecule has 0 heterocycles. The van der Waals surface area contributed by atoms with Gasteiger partial charge < -0.3 is 15.4 Å². The number of carbonyl (C=O) groups is 1. The summed E-state index contributed by atoms with van der Waals surface area (Å²) in [6.07, 6.45) is 1.22. The lowest BCUT2D eigenvalue weighted by Crippen LogP contribution is -2.21. The molecule has 106 valence electrons. The first kappa shape index (κ1) is 15.5. The molecular formula is C15H24N2O2. The van der Waals surface area contributed by atoms with Gasteiger partial charge in [0, 0.05) is 32.1 Å². The van der Waals surface area contributed by atoms with Gasteiger partial charge in [-0.25, -0.2) is 0 Å². The van der Waals surface area contributed by atoms with Crippen molar-refractivity contribution in [3.63, 3.8) is 0 Å². The largest absolute Gasteiger partial charge is 0.493 e. The van der Waals surface area contributed by atoms with Crippen LogP contribution in [0.2, 0.25) is 0 Å². The minimum absolute atomic E-state index is 0.0565. The van der Waals surface area contributed by atoms with Gasteiger partial charge in [0.05, 0.1) is 6.61 Å². The number of hydrogen-bond donors (Lipinski definition) is 1. The van der Waals surface area contributed by atoms with Crippen LogP contribution in [0.1, 0.15) is 36.9 Å². The van der Waals surface area contributed by atoms with Gasteiger partial charge in [-0.3, -0.25) is 4.79 Å². The summed E-state index contributed by atoms with van der Waals surface area (Å²) in [5.74, 6) is 0.951. The molecule has 2 N–H and O–H groups in total. The third-order valence-corrected chi connectivity index (χ3v) is 2.95. The van der Waals surface area contributed by atoms with Crippen molar-refractivity contribution >= 4 is 5.91 Å². The Bertz CT molecular complexity index is 428. The molecule has 19 heavy (non-hydrogen) atoms. The highest BCUT2D eigenvalue weighted by atomic mass is 16.5. The monoisotopic (exact) mass is 264 g/mol. The van der Waals surface area contributed by atoms with Crippen LogP contribution in [0.5, 0.6) is 5.75 Å². The predicted molar refractivity (Wildman–Crippen MR) is 77.2 cm³/mol. The van der Waals surface area contributed by atoms with E-state index in [1.165, 1.54) is 0 Å². The van der Waals surface area contributed by atoms with Gasteiger partial charge in [0.2, 0.25) is 5.91 Å². The molecule has 0 radical (unpaired) electrons. The fourth-order valence-electron chi connectivity index (χ4n) is 1.77. The molecule has 1 atom stereocenters. The number of carbonyl (C=O) groups excluding carboxylic acids is 1. The number of nitrogens with two attached hydrogens (primary N) is 1.